The number of methoxy groups -OCH3 is 1. The molecule has 2 rings (SSSR count). The zero-order chi connectivity index (χ0) is 19.0. The molecule has 0 N–H and O–H groups in total. The van der Waals surface area contributed by atoms with Crippen molar-refractivity contribution in [3.05, 3.63) is 35.9 Å². The Balaban J connectivity index is 1.92. The second kappa shape index (κ2) is 9.95. The average molecular weight is 371 g/mol. The van der Waals surface area contributed by atoms with E-state index in [2.05, 4.69) is 0 Å². The number of hydrogen-bond donors (Lipinski definition) is 0. The van der Waals surface area contributed by atoms with Crippen LogP contribution >= 0.6 is 0 Å². The van der Waals surface area contributed by atoms with Crippen LogP contribution in [0.15, 0.2) is 30.3 Å². The number of hydrogen-bond acceptors (Lipinski definition) is 2. The van der Waals surface area contributed by atoms with E-state index in [-0.39, 0.29) is 18.7 Å². The summed E-state index contributed by atoms with van der Waals surface area (Å²) in [6.07, 6.45) is -1.51. The summed E-state index contributed by atoms with van der Waals surface area (Å²) in [4.78, 5) is 14.5. The molecule has 6 heteroatoms. The number of aryl methyl sites for hydroxylation is 1. The maximum Gasteiger partial charge on any atom is 0.391 e. The Labute approximate surface area is 153 Å². The molecule has 1 aliphatic carbocycles. The third-order valence-corrected chi connectivity index (χ3v) is 5.10. The fourth-order valence-corrected chi connectivity index (χ4v) is 3.62. The molecule has 1 aliphatic rings. The molecule has 1 fully saturated rings. The number of alkyl halides is 3. The Bertz CT molecular complexity index is 548. The van der Waals surface area contributed by atoms with Gasteiger partial charge in [0.2, 0.25) is 5.91 Å². The molecule has 1 saturated carbocycles. The van der Waals surface area contributed by atoms with E-state index in [4.69, 9.17) is 4.74 Å². The molecule has 0 spiro atoms. The lowest BCUT2D eigenvalue weighted by Gasteiger charge is -2.33. The molecule has 0 radical (unpaired) electrons. The Morgan fingerprint density at radius 3 is 2.58 bits per heavy atom. The predicted octanol–water partition coefficient (Wildman–Crippen LogP) is 4.46. The van der Waals surface area contributed by atoms with Crippen LogP contribution in [0, 0.1) is 11.8 Å². The van der Waals surface area contributed by atoms with Crippen LogP contribution in [0.1, 0.15) is 37.7 Å². The van der Waals surface area contributed by atoms with Gasteiger partial charge in [0.1, 0.15) is 0 Å². The van der Waals surface area contributed by atoms with Crippen molar-refractivity contribution in [1.29, 1.82) is 0 Å². The van der Waals surface area contributed by atoms with E-state index in [1.54, 1.807) is 12.0 Å². The van der Waals surface area contributed by atoms with E-state index in [0.717, 1.165) is 12.8 Å². The van der Waals surface area contributed by atoms with Gasteiger partial charge in [-0.05, 0) is 37.7 Å². The first kappa shape index (κ1) is 20.7. The minimum Gasteiger partial charge on any atom is -0.383 e. The van der Waals surface area contributed by atoms with E-state index >= 15 is 0 Å². The molecule has 1 aromatic rings. The SMILES string of the molecule is COCCN(CCCc1ccccc1)C(=O)C1CCCC(C(F)(F)F)C1. The average Bonchev–Trinajstić information content (AvgIpc) is 2.64. The fraction of sp³-hybridized carbons (Fsp3) is 0.650. The minimum absolute atomic E-state index is 0.0789. The van der Waals surface area contributed by atoms with Gasteiger partial charge in [-0.3, -0.25) is 4.79 Å². The topological polar surface area (TPSA) is 29.5 Å². The summed E-state index contributed by atoms with van der Waals surface area (Å²) < 4.78 is 44.2. The summed E-state index contributed by atoms with van der Waals surface area (Å²) in [6, 6.07) is 9.98. The molecule has 26 heavy (non-hydrogen) atoms. The molecule has 0 bridgehead atoms. The van der Waals surface area contributed by atoms with Gasteiger partial charge in [-0.2, -0.15) is 13.2 Å². The van der Waals surface area contributed by atoms with Crippen molar-refractivity contribution >= 4 is 5.91 Å². The van der Waals surface area contributed by atoms with Gasteiger partial charge >= 0.3 is 6.18 Å². The molecule has 1 amide bonds. The zero-order valence-electron chi connectivity index (χ0n) is 15.3. The molecule has 1 aromatic carbocycles. The maximum atomic E-state index is 13.0. The van der Waals surface area contributed by atoms with Crippen molar-refractivity contribution in [2.24, 2.45) is 11.8 Å². The lowest BCUT2D eigenvalue weighted by Crippen LogP contribution is -2.42. The molecule has 3 nitrogen and oxygen atoms in total. The summed E-state index contributed by atoms with van der Waals surface area (Å²) in [6.45, 7) is 1.37. The smallest absolute Gasteiger partial charge is 0.383 e. The van der Waals surface area contributed by atoms with Crippen molar-refractivity contribution < 1.29 is 22.7 Å². The number of carbonyl (C=O) groups is 1. The third-order valence-electron chi connectivity index (χ3n) is 5.10. The number of amides is 1. The standard InChI is InChI=1S/C20H28F3NO2/c1-26-14-13-24(12-6-9-16-7-3-2-4-8-16)19(25)17-10-5-11-18(15-17)20(21,22)23/h2-4,7-8,17-18H,5-6,9-15H2,1H3. The highest BCUT2D eigenvalue weighted by Gasteiger charge is 2.44. The summed E-state index contributed by atoms with van der Waals surface area (Å²) >= 11 is 0. The quantitative estimate of drug-likeness (QED) is 0.675. The van der Waals surface area contributed by atoms with E-state index < -0.39 is 18.0 Å². The fourth-order valence-electron chi connectivity index (χ4n) is 3.62. The molecular weight excluding hydrogens is 343 g/mol. The molecule has 0 aromatic heterocycles. The number of benzene rings is 1. The third kappa shape index (κ3) is 6.31. The number of halogens is 3. The van der Waals surface area contributed by atoms with Crippen LogP contribution in [0.4, 0.5) is 13.2 Å². The van der Waals surface area contributed by atoms with E-state index in [9.17, 15) is 18.0 Å². The second-order valence-corrected chi connectivity index (χ2v) is 7.01. The number of rotatable bonds is 8. The normalized spacial score (nSPS) is 20.8. The molecule has 0 aliphatic heterocycles. The van der Waals surface area contributed by atoms with Crippen LogP contribution in [0.2, 0.25) is 0 Å². The van der Waals surface area contributed by atoms with Crippen LogP contribution in [-0.2, 0) is 16.0 Å². The summed E-state index contributed by atoms with van der Waals surface area (Å²) in [5.41, 5.74) is 1.20. The first-order valence-electron chi connectivity index (χ1n) is 9.30. The van der Waals surface area contributed by atoms with Crippen LogP contribution < -0.4 is 0 Å². The molecule has 146 valence electrons. The van der Waals surface area contributed by atoms with Gasteiger partial charge in [-0.1, -0.05) is 36.8 Å². The van der Waals surface area contributed by atoms with Crippen molar-refractivity contribution in [3.63, 3.8) is 0 Å². The van der Waals surface area contributed by atoms with E-state index in [1.165, 1.54) is 5.56 Å². The Hall–Kier alpha value is -1.56. The Morgan fingerprint density at radius 2 is 1.92 bits per heavy atom. The van der Waals surface area contributed by atoms with Crippen LogP contribution in [0.5, 0.6) is 0 Å². The summed E-state index contributed by atoms with van der Waals surface area (Å²) in [7, 11) is 1.56. The van der Waals surface area contributed by atoms with Gasteiger partial charge in [-0.25, -0.2) is 0 Å². The summed E-state index contributed by atoms with van der Waals surface area (Å²) in [5.74, 6) is -2.02. The monoisotopic (exact) mass is 371 g/mol. The van der Waals surface area contributed by atoms with E-state index in [0.29, 0.717) is 32.5 Å². The van der Waals surface area contributed by atoms with Crippen molar-refractivity contribution in [2.45, 2.75) is 44.7 Å². The highest BCUT2D eigenvalue weighted by atomic mass is 19.4. The van der Waals surface area contributed by atoms with Crippen molar-refractivity contribution in [2.75, 3.05) is 26.8 Å². The largest absolute Gasteiger partial charge is 0.391 e. The number of carbonyl (C=O) groups excluding carboxylic acids is 1. The predicted molar refractivity (Wildman–Crippen MR) is 94.7 cm³/mol. The van der Waals surface area contributed by atoms with Crippen molar-refractivity contribution in [1.82, 2.24) is 4.90 Å². The van der Waals surface area contributed by atoms with Crippen molar-refractivity contribution in [3.8, 4) is 0 Å². The van der Waals surface area contributed by atoms with E-state index in [1.807, 2.05) is 30.3 Å². The molecule has 0 heterocycles. The van der Waals surface area contributed by atoms with Crippen LogP contribution in [-0.4, -0.2) is 43.8 Å². The van der Waals surface area contributed by atoms with Gasteiger partial charge in [0.05, 0.1) is 12.5 Å². The van der Waals surface area contributed by atoms with Gasteiger partial charge in [-0.15, -0.1) is 0 Å². The van der Waals surface area contributed by atoms with Gasteiger partial charge in [0.15, 0.2) is 0 Å². The molecule has 0 saturated heterocycles. The number of nitrogens with zero attached hydrogens (tertiary/aromatic N) is 1. The number of ether oxygens (including phenoxy) is 1. The lowest BCUT2D eigenvalue weighted by molar-refractivity contribution is -0.187. The van der Waals surface area contributed by atoms with Gasteiger partial charge < -0.3 is 9.64 Å². The molecular formula is C20H28F3NO2. The Kier molecular flexibility index (Phi) is 7.94. The lowest BCUT2D eigenvalue weighted by atomic mass is 9.80. The zero-order valence-corrected chi connectivity index (χ0v) is 15.3. The molecule has 2 unspecified atom stereocenters. The highest BCUT2D eigenvalue weighted by molar-refractivity contribution is 5.79. The van der Waals surface area contributed by atoms with Gasteiger partial charge in [0.25, 0.3) is 0 Å². The molecule has 2 atom stereocenters. The van der Waals surface area contributed by atoms with Crippen LogP contribution in [0.25, 0.3) is 0 Å². The minimum atomic E-state index is -4.20. The highest BCUT2D eigenvalue weighted by Crippen LogP contribution is 2.40. The first-order chi connectivity index (χ1) is 12.4. The Morgan fingerprint density at radius 1 is 1.19 bits per heavy atom. The van der Waals surface area contributed by atoms with Gasteiger partial charge in [0, 0.05) is 26.1 Å². The summed E-state index contributed by atoms with van der Waals surface area (Å²) in [5, 5.41) is 0. The van der Waals surface area contributed by atoms with Crippen LogP contribution in [0.3, 0.4) is 0 Å². The first-order valence-corrected chi connectivity index (χ1v) is 9.30. The maximum absolute atomic E-state index is 13.0. The second-order valence-electron chi connectivity index (χ2n) is 7.01.